The topological polar surface area (TPSA) is 110 Å². The van der Waals surface area contributed by atoms with Gasteiger partial charge in [0.2, 0.25) is 0 Å². The van der Waals surface area contributed by atoms with Crippen LogP contribution in [0.2, 0.25) is 0 Å². The van der Waals surface area contributed by atoms with E-state index in [9.17, 15) is 14.4 Å². The van der Waals surface area contributed by atoms with Crippen molar-refractivity contribution in [3.05, 3.63) is 82.6 Å². The van der Waals surface area contributed by atoms with Gasteiger partial charge in [-0.25, -0.2) is 19.5 Å². The van der Waals surface area contributed by atoms with Crippen LogP contribution in [0, 0.1) is 6.92 Å². The normalized spacial score (nSPS) is 18.6. The number of nitrogens with zero attached hydrogens (tertiary/aromatic N) is 3. The molecular formula is C32H40N4O6. The Labute approximate surface area is 247 Å². The molecule has 0 aromatic heterocycles. The number of allylic oxidation sites excluding steroid dienone is 1. The molecule has 2 aliphatic heterocycles. The van der Waals surface area contributed by atoms with E-state index in [1.807, 2.05) is 61.5 Å². The lowest BCUT2D eigenvalue weighted by molar-refractivity contribution is -0.149. The molecule has 2 amide bonds. The summed E-state index contributed by atoms with van der Waals surface area (Å²) in [6.45, 7) is 6.32. The van der Waals surface area contributed by atoms with E-state index < -0.39 is 23.5 Å². The first-order valence-corrected chi connectivity index (χ1v) is 14.2. The van der Waals surface area contributed by atoms with Crippen LogP contribution in [-0.4, -0.2) is 81.3 Å². The number of piperidine rings is 1. The van der Waals surface area contributed by atoms with Gasteiger partial charge in [0.1, 0.15) is 6.04 Å². The number of carbonyl (C=O) groups is 3. The van der Waals surface area contributed by atoms with E-state index in [1.165, 1.54) is 26.2 Å². The largest absolute Gasteiger partial charge is 0.468 e. The molecule has 2 heterocycles. The quantitative estimate of drug-likeness (QED) is 0.372. The molecule has 1 fully saturated rings. The van der Waals surface area contributed by atoms with Gasteiger partial charge < -0.3 is 24.4 Å². The van der Waals surface area contributed by atoms with E-state index in [1.54, 1.807) is 6.92 Å². The molecule has 1 saturated heterocycles. The molecule has 224 valence electrons. The number of likely N-dealkylation sites (tertiary alicyclic amines) is 1. The van der Waals surface area contributed by atoms with Gasteiger partial charge in [-0.1, -0.05) is 60.2 Å². The van der Waals surface area contributed by atoms with E-state index in [2.05, 4.69) is 15.2 Å². The first-order chi connectivity index (χ1) is 20.2. The van der Waals surface area contributed by atoms with Crippen molar-refractivity contribution in [2.75, 3.05) is 47.5 Å². The lowest BCUT2D eigenvalue weighted by Crippen LogP contribution is -2.50. The SMILES string of the molecule is COC(=O)C1=C(C)N=C(OC)N(C(=O)NCCCN2CCC(C(=O)OC)(c3ccccc3)CC2)C1c1ccc(C)cc1. The monoisotopic (exact) mass is 576 g/mol. The molecule has 0 bridgehead atoms. The van der Waals surface area contributed by atoms with Crippen molar-refractivity contribution in [3.63, 3.8) is 0 Å². The molecule has 0 spiro atoms. The van der Waals surface area contributed by atoms with Gasteiger partial charge in [0, 0.05) is 6.54 Å². The summed E-state index contributed by atoms with van der Waals surface area (Å²) in [5.41, 5.74) is 2.84. The lowest BCUT2D eigenvalue weighted by atomic mass is 9.72. The Morgan fingerprint density at radius 3 is 2.21 bits per heavy atom. The van der Waals surface area contributed by atoms with E-state index in [4.69, 9.17) is 14.2 Å². The Balaban J connectivity index is 1.41. The van der Waals surface area contributed by atoms with Crippen molar-refractivity contribution in [1.29, 1.82) is 0 Å². The van der Waals surface area contributed by atoms with Crippen LogP contribution in [0.3, 0.4) is 0 Å². The van der Waals surface area contributed by atoms with Gasteiger partial charge in [0.25, 0.3) is 0 Å². The molecule has 2 aromatic rings. The van der Waals surface area contributed by atoms with Gasteiger partial charge >= 0.3 is 24.0 Å². The van der Waals surface area contributed by atoms with Crippen LogP contribution < -0.4 is 5.32 Å². The summed E-state index contributed by atoms with van der Waals surface area (Å²) in [4.78, 5) is 47.3. The number of aliphatic imine (C=N–C) groups is 1. The van der Waals surface area contributed by atoms with Crippen molar-refractivity contribution in [3.8, 4) is 0 Å². The summed E-state index contributed by atoms with van der Waals surface area (Å²) in [6.07, 6.45) is 2.03. The second-order valence-corrected chi connectivity index (χ2v) is 10.6. The van der Waals surface area contributed by atoms with Crippen LogP contribution in [0.1, 0.15) is 48.9 Å². The fraction of sp³-hybridized carbons (Fsp3) is 0.438. The Hall–Kier alpha value is -4.18. The van der Waals surface area contributed by atoms with Crippen LogP contribution in [0.5, 0.6) is 0 Å². The van der Waals surface area contributed by atoms with Crippen molar-refractivity contribution >= 4 is 24.0 Å². The highest BCUT2D eigenvalue weighted by Crippen LogP contribution is 2.38. The number of amidine groups is 1. The maximum atomic E-state index is 13.6. The average Bonchev–Trinajstić information content (AvgIpc) is 3.02. The first-order valence-electron chi connectivity index (χ1n) is 14.2. The number of amides is 2. The number of urea groups is 1. The van der Waals surface area contributed by atoms with Gasteiger partial charge in [-0.3, -0.25) is 4.79 Å². The summed E-state index contributed by atoms with van der Waals surface area (Å²) in [5, 5.41) is 2.98. The highest BCUT2D eigenvalue weighted by Gasteiger charge is 2.44. The number of hydrogen-bond donors (Lipinski definition) is 1. The minimum atomic E-state index is -0.767. The zero-order valence-corrected chi connectivity index (χ0v) is 25.0. The van der Waals surface area contributed by atoms with Crippen LogP contribution in [0.15, 0.2) is 70.9 Å². The molecule has 10 nitrogen and oxygen atoms in total. The predicted octanol–water partition coefficient (Wildman–Crippen LogP) is 4.11. The van der Waals surface area contributed by atoms with Crippen LogP contribution in [-0.2, 0) is 29.2 Å². The number of nitrogens with one attached hydrogen (secondary N) is 1. The minimum absolute atomic E-state index is 0.0966. The molecule has 10 heteroatoms. The van der Waals surface area contributed by atoms with E-state index in [0.29, 0.717) is 31.5 Å². The molecule has 0 aliphatic carbocycles. The minimum Gasteiger partial charge on any atom is -0.468 e. The fourth-order valence-electron chi connectivity index (χ4n) is 5.78. The first kappa shape index (κ1) is 30.8. The van der Waals surface area contributed by atoms with Crippen molar-refractivity contribution < 1.29 is 28.6 Å². The average molecular weight is 577 g/mol. The van der Waals surface area contributed by atoms with Gasteiger partial charge in [0.15, 0.2) is 0 Å². The lowest BCUT2D eigenvalue weighted by Gasteiger charge is -2.40. The number of hydrogen-bond acceptors (Lipinski definition) is 8. The summed E-state index contributed by atoms with van der Waals surface area (Å²) >= 11 is 0. The molecule has 1 N–H and O–H groups in total. The Morgan fingerprint density at radius 1 is 0.952 bits per heavy atom. The van der Waals surface area contributed by atoms with E-state index in [0.717, 1.165) is 36.3 Å². The third kappa shape index (κ3) is 6.33. The van der Waals surface area contributed by atoms with Crippen molar-refractivity contribution in [2.24, 2.45) is 4.99 Å². The Bertz CT molecular complexity index is 1330. The zero-order chi connectivity index (χ0) is 30.3. The third-order valence-corrected chi connectivity index (χ3v) is 8.13. The van der Waals surface area contributed by atoms with Crippen molar-refractivity contribution in [2.45, 2.75) is 44.6 Å². The number of methoxy groups -OCH3 is 3. The predicted molar refractivity (Wildman–Crippen MR) is 159 cm³/mol. The molecule has 0 radical (unpaired) electrons. The molecular weight excluding hydrogens is 536 g/mol. The molecule has 4 rings (SSSR count). The van der Waals surface area contributed by atoms with Crippen molar-refractivity contribution in [1.82, 2.24) is 15.1 Å². The summed E-state index contributed by atoms with van der Waals surface area (Å²) < 4.78 is 15.8. The Kier molecular flexibility index (Phi) is 10.0. The van der Waals surface area contributed by atoms with Gasteiger partial charge in [-0.05, 0) is 63.9 Å². The third-order valence-electron chi connectivity index (χ3n) is 8.13. The molecule has 0 saturated carbocycles. The van der Waals surface area contributed by atoms with E-state index in [-0.39, 0.29) is 17.6 Å². The second-order valence-electron chi connectivity index (χ2n) is 10.6. The van der Waals surface area contributed by atoms with Gasteiger partial charge in [-0.15, -0.1) is 0 Å². The molecule has 1 atom stereocenters. The molecule has 2 aromatic carbocycles. The number of rotatable bonds is 8. The highest BCUT2D eigenvalue weighted by atomic mass is 16.5. The van der Waals surface area contributed by atoms with Crippen LogP contribution in [0.4, 0.5) is 4.79 Å². The van der Waals surface area contributed by atoms with E-state index >= 15 is 0 Å². The highest BCUT2D eigenvalue weighted by molar-refractivity contribution is 6.00. The second kappa shape index (κ2) is 13.7. The Morgan fingerprint density at radius 2 is 1.62 bits per heavy atom. The van der Waals surface area contributed by atoms with Gasteiger partial charge in [0.05, 0.1) is 38.0 Å². The number of aryl methyl sites for hydroxylation is 1. The summed E-state index contributed by atoms with van der Waals surface area (Å²) in [7, 11) is 4.20. The number of ether oxygens (including phenoxy) is 3. The zero-order valence-electron chi connectivity index (χ0n) is 25.0. The summed E-state index contributed by atoms with van der Waals surface area (Å²) in [5.74, 6) is -0.755. The standard InChI is InChI=1S/C32H40N4O6/c1-22-12-14-24(15-13-22)27-26(28(37)40-3)23(2)34-31(42-5)36(27)30(39)33-18-9-19-35-20-16-32(17-21-35,29(38)41-4)25-10-7-6-8-11-25/h6-8,10-15,27H,9,16-21H2,1-5H3,(H,33,39). The smallest absolute Gasteiger partial charge is 0.338 e. The number of esters is 2. The maximum Gasteiger partial charge on any atom is 0.338 e. The summed E-state index contributed by atoms with van der Waals surface area (Å²) in [6, 6.07) is 16.4. The molecule has 1 unspecified atom stereocenters. The van der Waals surface area contributed by atoms with Crippen LogP contribution >= 0.6 is 0 Å². The maximum absolute atomic E-state index is 13.6. The van der Waals surface area contributed by atoms with Gasteiger partial charge in [-0.2, -0.15) is 0 Å². The fourth-order valence-corrected chi connectivity index (χ4v) is 5.78. The molecule has 2 aliphatic rings. The number of carbonyl (C=O) groups excluding carboxylic acids is 3. The number of benzene rings is 2. The molecule has 42 heavy (non-hydrogen) atoms. The van der Waals surface area contributed by atoms with Crippen LogP contribution in [0.25, 0.3) is 0 Å².